The number of benzene rings is 1. The molecule has 0 aliphatic carbocycles. The Bertz CT molecular complexity index is 477. The minimum Gasteiger partial charge on any atom is -0.320 e. The number of hydrogen-bond donors (Lipinski definition) is 0. The second kappa shape index (κ2) is 10.8. The average Bonchev–Trinajstić information content (AvgIpc) is 2.51. The first-order valence-electron chi connectivity index (χ1n) is 9.92. The van der Waals surface area contributed by atoms with Crippen molar-refractivity contribution in [2.75, 3.05) is 19.6 Å². The Labute approximate surface area is 166 Å². The van der Waals surface area contributed by atoms with E-state index in [2.05, 4.69) is 47.6 Å². The Morgan fingerprint density at radius 1 is 0.760 bits per heavy atom. The third-order valence-electron chi connectivity index (χ3n) is 5.06. The molecular weight excluding hydrogens is 349 g/mol. The largest absolute Gasteiger partial charge is 0.320 e. The van der Waals surface area contributed by atoms with Gasteiger partial charge < -0.3 is 4.48 Å². The van der Waals surface area contributed by atoms with E-state index in [1.807, 2.05) is 12.1 Å². The lowest BCUT2D eigenvalue weighted by Crippen LogP contribution is -2.50. The van der Waals surface area contributed by atoms with E-state index >= 15 is 0 Å². The molecule has 0 bridgehead atoms. The molecule has 0 amide bonds. The maximum absolute atomic E-state index is 6.53. The molecule has 1 aromatic rings. The van der Waals surface area contributed by atoms with E-state index in [1.54, 1.807) is 0 Å². The van der Waals surface area contributed by atoms with Crippen molar-refractivity contribution in [2.45, 2.75) is 67.3 Å². The van der Waals surface area contributed by atoms with Crippen molar-refractivity contribution in [3.63, 3.8) is 0 Å². The monoisotopic (exact) mass is 386 g/mol. The molecular formula is C22H38Cl2N+. The molecule has 0 aliphatic heterocycles. The number of hydrogen-bond acceptors (Lipinski definition) is 0. The summed E-state index contributed by atoms with van der Waals surface area (Å²) in [6.07, 6.45) is 3.80. The van der Waals surface area contributed by atoms with E-state index in [9.17, 15) is 0 Å². The molecule has 1 aromatic carbocycles. The van der Waals surface area contributed by atoms with Crippen molar-refractivity contribution in [1.29, 1.82) is 0 Å². The zero-order valence-corrected chi connectivity index (χ0v) is 18.6. The van der Waals surface area contributed by atoms with Crippen molar-refractivity contribution < 1.29 is 4.48 Å². The van der Waals surface area contributed by atoms with Gasteiger partial charge >= 0.3 is 0 Å². The summed E-state index contributed by atoms with van der Waals surface area (Å²) < 4.78 is 1.15. The van der Waals surface area contributed by atoms with Crippen LogP contribution in [-0.4, -0.2) is 24.1 Å². The van der Waals surface area contributed by atoms with Crippen LogP contribution in [0, 0.1) is 17.8 Å². The van der Waals surface area contributed by atoms with Crippen LogP contribution < -0.4 is 0 Å². The van der Waals surface area contributed by atoms with Gasteiger partial charge in [-0.15, -0.1) is 0 Å². The van der Waals surface area contributed by atoms with Gasteiger partial charge in [-0.2, -0.15) is 0 Å². The molecule has 0 saturated heterocycles. The minimum absolute atomic E-state index is 0.721. The topological polar surface area (TPSA) is 0 Å². The van der Waals surface area contributed by atoms with E-state index < -0.39 is 0 Å². The summed E-state index contributed by atoms with van der Waals surface area (Å²) in [5, 5.41) is 1.53. The van der Waals surface area contributed by atoms with Crippen LogP contribution in [0.3, 0.4) is 0 Å². The van der Waals surface area contributed by atoms with Crippen molar-refractivity contribution >= 4 is 23.2 Å². The normalized spacial score (nSPS) is 12.6. The van der Waals surface area contributed by atoms with Crippen LogP contribution in [0.1, 0.15) is 66.4 Å². The van der Waals surface area contributed by atoms with Gasteiger partial charge in [0, 0.05) is 10.6 Å². The minimum atomic E-state index is 0.721. The summed E-state index contributed by atoms with van der Waals surface area (Å²) in [7, 11) is 0. The lowest BCUT2D eigenvalue weighted by molar-refractivity contribution is -0.942. The summed E-state index contributed by atoms with van der Waals surface area (Å²) in [5.74, 6) is 2.20. The molecule has 0 heterocycles. The molecule has 25 heavy (non-hydrogen) atoms. The first-order chi connectivity index (χ1) is 11.6. The number of nitrogens with zero attached hydrogens (tertiary/aromatic N) is 1. The van der Waals surface area contributed by atoms with Gasteiger partial charge in [0.1, 0.15) is 6.54 Å². The van der Waals surface area contributed by atoms with E-state index in [-0.39, 0.29) is 0 Å². The first-order valence-corrected chi connectivity index (χ1v) is 10.7. The molecule has 0 N–H and O–H groups in total. The molecule has 0 aromatic heterocycles. The highest BCUT2D eigenvalue weighted by Gasteiger charge is 2.29. The van der Waals surface area contributed by atoms with Crippen LogP contribution in [0.15, 0.2) is 18.2 Å². The summed E-state index contributed by atoms with van der Waals surface area (Å²) in [6.45, 7) is 18.7. The van der Waals surface area contributed by atoms with Gasteiger partial charge in [-0.1, -0.05) is 70.8 Å². The predicted molar refractivity (Wildman–Crippen MR) is 113 cm³/mol. The highest BCUT2D eigenvalue weighted by atomic mass is 35.5. The van der Waals surface area contributed by atoms with Gasteiger partial charge in [0.25, 0.3) is 0 Å². The van der Waals surface area contributed by atoms with Crippen LogP contribution in [-0.2, 0) is 6.54 Å². The van der Waals surface area contributed by atoms with Crippen LogP contribution in [0.4, 0.5) is 0 Å². The fourth-order valence-corrected chi connectivity index (χ4v) is 3.65. The third kappa shape index (κ3) is 8.80. The fraction of sp³-hybridized carbons (Fsp3) is 0.727. The quantitative estimate of drug-likeness (QED) is 0.346. The molecule has 0 radical (unpaired) electrons. The summed E-state index contributed by atoms with van der Waals surface area (Å²) >= 11 is 12.6. The molecule has 0 atom stereocenters. The number of rotatable bonds is 11. The van der Waals surface area contributed by atoms with Gasteiger partial charge in [0.2, 0.25) is 0 Å². The molecule has 144 valence electrons. The van der Waals surface area contributed by atoms with Crippen LogP contribution in [0.5, 0.6) is 0 Å². The van der Waals surface area contributed by atoms with Crippen molar-refractivity contribution in [3.8, 4) is 0 Å². The molecule has 1 rings (SSSR count). The van der Waals surface area contributed by atoms with Gasteiger partial charge in [-0.05, 0) is 49.1 Å². The zero-order chi connectivity index (χ0) is 19.0. The van der Waals surface area contributed by atoms with E-state index in [4.69, 9.17) is 23.2 Å². The number of quaternary nitrogens is 1. The maximum atomic E-state index is 6.53. The van der Waals surface area contributed by atoms with Gasteiger partial charge in [0.15, 0.2) is 0 Å². The molecule has 1 nitrogen and oxygen atoms in total. The third-order valence-corrected chi connectivity index (χ3v) is 5.65. The molecule has 0 fully saturated rings. The summed E-state index contributed by atoms with van der Waals surface area (Å²) in [5.41, 5.74) is 1.24. The Hall–Kier alpha value is -0.240. The molecule has 0 spiro atoms. The highest BCUT2D eigenvalue weighted by Crippen LogP contribution is 2.28. The standard InChI is InChI=1S/C22H38Cl2N/c1-17(2)9-12-25(13-10-18(3)4,14-11-19(5)6)16-20-7-8-21(23)15-22(20)24/h7-8,15,17-19H,9-14,16H2,1-6H3/q+1. The van der Waals surface area contributed by atoms with Gasteiger partial charge in [-0.25, -0.2) is 0 Å². The molecule has 3 heteroatoms. The lowest BCUT2D eigenvalue weighted by atomic mass is 10.0. The summed E-state index contributed by atoms with van der Waals surface area (Å²) in [6, 6.07) is 5.99. The predicted octanol–water partition coefficient (Wildman–Crippen LogP) is 7.45. The van der Waals surface area contributed by atoms with Gasteiger partial charge in [0.05, 0.1) is 24.7 Å². The smallest absolute Gasteiger partial charge is 0.106 e. The Morgan fingerprint density at radius 2 is 1.20 bits per heavy atom. The van der Waals surface area contributed by atoms with Crippen molar-refractivity contribution in [1.82, 2.24) is 0 Å². The molecule has 0 saturated carbocycles. The summed E-state index contributed by atoms with van der Waals surface area (Å²) in [4.78, 5) is 0. The van der Waals surface area contributed by atoms with Crippen LogP contribution >= 0.6 is 23.2 Å². The van der Waals surface area contributed by atoms with Gasteiger partial charge in [-0.3, -0.25) is 0 Å². The van der Waals surface area contributed by atoms with E-state index in [0.29, 0.717) is 0 Å². The lowest BCUT2D eigenvalue weighted by Gasteiger charge is -2.41. The Balaban J connectivity index is 3.08. The Kier molecular flexibility index (Phi) is 9.85. The fourth-order valence-electron chi connectivity index (χ4n) is 3.18. The van der Waals surface area contributed by atoms with E-state index in [0.717, 1.165) is 38.8 Å². The van der Waals surface area contributed by atoms with Crippen molar-refractivity contribution in [3.05, 3.63) is 33.8 Å². The second-order valence-electron chi connectivity index (χ2n) is 8.95. The highest BCUT2D eigenvalue weighted by molar-refractivity contribution is 6.35. The van der Waals surface area contributed by atoms with E-state index in [1.165, 1.54) is 44.5 Å². The van der Waals surface area contributed by atoms with Crippen molar-refractivity contribution in [2.24, 2.45) is 17.8 Å². The molecule has 0 aliphatic rings. The number of halogens is 2. The van der Waals surface area contributed by atoms with Crippen LogP contribution in [0.2, 0.25) is 10.0 Å². The zero-order valence-electron chi connectivity index (χ0n) is 17.1. The average molecular weight is 387 g/mol. The molecule has 0 unspecified atom stereocenters. The first kappa shape index (κ1) is 22.8. The van der Waals surface area contributed by atoms with Crippen LogP contribution in [0.25, 0.3) is 0 Å². The SMILES string of the molecule is CC(C)CC[N+](CCC(C)C)(CCC(C)C)Cc1ccc(Cl)cc1Cl. The maximum Gasteiger partial charge on any atom is 0.106 e. The Morgan fingerprint density at radius 3 is 1.56 bits per heavy atom. The second-order valence-corrected chi connectivity index (χ2v) is 9.80.